The van der Waals surface area contributed by atoms with Crippen molar-refractivity contribution in [2.75, 3.05) is 14.7 Å². The molecule has 6 heterocycles. The lowest BCUT2D eigenvalue weighted by atomic mass is 9.66. The van der Waals surface area contributed by atoms with E-state index in [0.717, 1.165) is 190 Å². The smallest absolute Gasteiger partial charge is 0.137 e. The summed E-state index contributed by atoms with van der Waals surface area (Å²) < 4.78 is 40.2. The van der Waals surface area contributed by atoms with Crippen molar-refractivity contribution < 1.29 is 27.5 Å². The van der Waals surface area contributed by atoms with E-state index in [1.54, 1.807) is 0 Å². The molecular weight excluding hydrogens is 1830 g/mol. The highest BCUT2D eigenvalue weighted by atomic mass is 16.5. The Bertz CT molecular complexity index is 9750. The number of para-hydroxylation sites is 11. The van der Waals surface area contributed by atoms with Crippen LogP contribution in [0.1, 0.15) is 66.8 Å². The van der Waals surface area contributed by atoms with Crippen LogP contribution in [0, 0.1) is 0 Å². The number of hydrogen-bond acceptors (Lipinski definition) is 9. The summed E-state index contributed by atoms with van der Waals surface area (Å²) in [5.41, 5.74) is 39.5. The lowest BCUT2D eigenvalue weighted by Gasteiger charge is -2.39. The van der Waals surface area contributed by atoms with Gasteiger partial charge in [-0.15, -0.1) is 0 Å². The van der Waals surface area contributed by atoms with Gasteiger partial charge in [0.25, 0.3) is 0 Å². The van der Waals surface area contributed by atoms with E-state index >= 15 is 0 Å². The van der Waals surface area contributed by atoms with Crippen LogP contribution < -0.4 is 28.9 Å². The van der Waals surface area contributed by atoms with Crippen LogP contribution in [0.15, 0.2) is 553 Å². The average Bonchev–Trinajstić information content (AvgIpc) is 1.52. The highest BCUT2D eigenvalue weighted by Crippen LogP contribution is 2.68. The predicted octanol–water partition coefficient (Wildman–Crippen LogP) is 37.9. The van der Waals surface area contributed by atoms with E-state index in [0.29, 0.717) is 0 Å². The number of nitrogens with zero attached hydrogens (tertiary/aromatic N) is 3. The van der Waals surface area contributed by atoms with Crippen molar-refractivity contribution >= 4 is 117 Å². The Kier molecular flexibility index (Phi) is 19.6. The minimum Gasteiger partial charge on any atom is -0.457 e. The average molecular weight is 1920 g/mol. The summed E-state index contributed by atoms with van der Waals surface area (Å²) in [5.74, 6) is 5.30. The Morgan fingerprint density at radius 2 is 0.380 bits per heavy atom. The van der Waals surface area contributed by atoms with Gasteiger partial charge in [-0.1, -0.05) is 364 Å². The molecule has 0 radical (unpaired) electrons. The molecule has 32 rings (SSSR count). The maximum atomic E-state index is 6.91. The van der Waals surface area contributed by atoms with Crippen molar-refractivity contribution in [2.45, 2.75) is 16.2 Å². The summed E-state index contributed by atoms with van der Waals surface area (Å²) >= 11 is 0. The van der Waals surface area contributed by atoms with Crippen LogP contribution in [0.25, 0.3) is 121 Å². The van der Waals surface area contributed by atoms with Crippen LogP contribution >= 0.6 is 0 Å². The molecule has 0 saturated carbocycles. The number of rotatable bonds is 11. The maximum absolute atomic E-state index is 6.91. The van der Waals surface area contributed by atoms with Crippen molar-refractivity contribution in [3.05, 3.63) is 607 Å². The second-order valence-electron chi connectivity index (χ2n) is 39.3. The molecule has 26 aromatic rings. The van der Waals surface area contributed by atoms with Gasteiger partial charge in [-0.3, -0.25) is 0 Å². The van der Waals surface area contributed by atoms with Gasteiger partial charge in [0, 0.05) is 83.5 Å². The normalized spacial score (nSPS) is 13.4. The molecule has 3 spiro atoms. The molecular formula is C141H89N3O6. The third kappa shape index (κ3) is 12.8. The molecule has 9 nitrogen and oxygen atoms in total. The molecule has 0 bridgehead atoms. The summed E-state index contributed by atoms with van der Waals surface area (Å²) in [4.78, 5) is 7.07. The van der Waals surface area contributed by atoms with Crippen molar-refractivity contribution in [3.63, 3.8) is 0 Å². The van der Waals surface area contributed by atoms with Crippen molar-refractivity contribution in [1.29, 1.82) is 0 Å². The molecule has 0 atom stereocenters. The Balaban J connectivity index is 0.000000104. The number of ether oxygens (including phenoxy) is 3. The van der Waals surface area contributed by atoms with Crippen molar-refractivity contribution in [3.8, 4) is 90.1 Å². The number of anilines is 9. The van der Waals surface area contributed by atoms with Gasteiger partial charge >= 0.3 is 0 Å². The molecule has 704 valence electrons. The number of hydrogen-bond donors (Lipinski definition) is 0. The molecule has 6 aliphatic rings. The van der Waals surface area contributed by atoms with Gasteiger partial charge in [-0.25, -0.2) is 0 Å². The minimum absolute atomic E-state index is 0.534. The molecule has 3 aromatic heterocycles. The van der Waals surface area contributed by atoms with Gasteiger partial charge < -0.3 is 42.2 Å². The van der Waals surface area contributed by atoms with Gasteiger partial charge in [0.2, 0.25) is 0 Å². The number of furan rings is 3. The van der Waals surface area contributed by atoms with Gasteiger partial charge in [0.1, 0.15) is 68.0 Å². The molecule has 23 aromatic carbocycles. The monoisotopic (exact) mass is 1920 g/mol. The van der Waals surface area contributed by atoms with E-state index in [4.69, 9.17) is 27.5 Å². The summed E-state index contributed by atoms with van der Waals surface area (Å²) in [6.45, 7) is 0. The van der Waals surface area contributed by atoms with Gasteiger partial charge in [0.05, 0.1) is 55.2 Å². The highest BCUT2D eigenvalue weighted by Gasteiger charge is 2.55. The largest absolute Gasteiger partial charge is 0.457 e. The van der Waals surface area contributed by atoms with E-state index in [2.05, 4.69) is 555 Å². The van der Waals surface area contributed by atoms with E-state index in [-0.39, 0.29) is 0 Å². The molecule has 3 aliphatic heterocycles. The van der Waals surface area contributed by atoms with Gasteiger partial charge in [-0.2, -0.15) is 0 Å². The van der Waals surface area contributed by atoms with Crippen molar-refractivity contribution in [2.24, 2.45) is 0 Å². The summed E-state index contributed by atoms with van der Waals surface area (Å²) in [6.07, 6.45) is 0. The Hall–Kier alpha value is -19.7. The quantitative estimate of drug-likeness (QED) is 0.126. The molecule has 0 amide bonds. The molecule has 0 unspecified atom stereocenters. The van der Waals surface area contributed by atoms with E-state index in [1.165, 1.54) is 83.5 Å². The summed E-state index contributed by atoms with van der Waals surface area (Å²) in [6, 6.07) is 192. The summed E-state index contributed by atoms with van der Waals surface area (Å²) in [5, 5.41) is 6.53. The zero-order valence-electron chi connectivity index (χ0n) is 81.2. The van der Waals surface area contributed by atoms with Crippen LogP contribution in [0.2, 0.25) is 0 Å². The molecule has 0 saturated heterocycles. The van der Waals surface area contributed by atoms with Crippen molar-refractivity contribution in [1.82, 2.24) is 0 Å². The van der Waals surface area contributed by atoms with Crippen LogP contribution in [-0.4, -0.2) is 0 Å². The molecule has 150 heavy (non-hydrogen) atoms. The zero-order chi connectivity index (χ0) is 98.7. The lowest BCUT2D eigenvalue weighted by molar-refractivity contribution is 0.436. The van der Waals surface area contributed by atoms with E-state index in [9.17, 15) is 0 Å². The van der Waals surface area contributed by atoms with Crippen LogP contribution in [0.3, 0.4) is 0 Å². The van der Waals surface area contributed by atoms with Crippen LogP contribution in [0.5, 0.6) is 34.5 Å². The standard InChI is InChI=1S/2C49H31NO2.C43H27NO2/c1-3-16-32(17-4-1)34-20-8-12-25-42(34)50(33-18-5-2-6-19-33)43-26-15-29-46-48(43)37-30-36-35-21-7-9-22-38(35)49(41(36)31-47(37)52-46)39-23-10-13-27-44(39)51-45-28-14-11-24-40(45)49;1-3-15-32(16-4-1)33-17-13-20-35(29-33)50(34-18-5-2-6-19-34)43-25-14-28-46-48(43)38-30-37-36-21-7-8-22-39(36)49(42(37)31-47(38)52-46)40-23-9-11-26-44(40)51-45-27-12-10-24-41(45)49;1-3-14-28(15-4-1)44(29-16-5-2-6-17-29)37-22-13-25-40-42(37)32-26-31-30-18-7-8-19-33(30)43(36(31)27-41(32)46-40)34-20-9-11-23-38(34)45-39-24-12-10-21-35(39)43/h2*1-31H;1-27H. The van der Waals surface area contributed by atoms with Crippen LogP contribution in [-0.2, 0) is 16.2 Å². The molecule has 3 aliphatic carbocycles. The maximum Gasteiger partial charge on any atom is 0.137 e. The Morgan fingerprint density at radius 3 is 0.720 bits per heavy atom. The topological polar surface area (TPSA) is 76.8 Å². The van der Waals surface area contributed by atoms with Gasteiger partial charge in [0.15, 0.2) is 0 Å². The second-order valence-corrected chi connectivity index (χ2v) is 39.3. The summed E-state index contributed by atoms with van der Waals surface area (Å²) in [7, 11) is 0. The van der Waals surface area contributed by atoms with Gasteiger partial charge in [-0.05, 0) is 259 Å². The first-order valence-electron chi connectivity index (χ1n) is 51.2. The predicted molar refractivity (Wildman–Crippen MR) is 608 cm³/mol. The first-order valence-corrected chi connectivity index (χ1v) is 51.2. The third-order valence-electron chi connectivity index (χ3n) is 31.5. The first-order chi connectivity index (χ1) is 74.4. The van der Waals surface area contributed by atoms with E-state index in [1.807, 2.05) is 0 Å². The molecule has 0 fully saturated rings. The zero-order valence-corrected chi connectivity index (χ0v) is 81.2. The molecule has 9 heteroatoms. The Labute approximate surface area is 866 Å². The lowest BCUT2D eigenvalue weighted by Crippen LogP contribution is -2.32. The first kappa shape index (κ1) is 85.8. The van der Waals surface area contributed by atoms with E-state index < -0.39 is 16.2 Å². The highest BCUT2D eigenvalue weighted by molar-refractivity contribution is 6.19. The number of fused-ring (bicyclic) bond motifs is 36. The molecule has 0 N–H and O–H groups in total. The third-order valence-corrected chi connectivity index (χ3v) is 31.5. The fraction of sp³-hybridized carbons (Fsp3) is 0.0213. The Morgan fingerprint density at radius 1 is 0.140 bits per heavy atom. The fourth-order valence-corrected chi connectivity index (χ4v) is 25.6. The second kappa shape index (κ2) is 34.2. The SMILES string of the molecule is c1ccc(-c2cccc(N(c3ccccc3)c3cccc4oc5cc6c(cc5c34)-c3ccccc3C63c4ccccc4Oc4ccccc43)c2)cc1.c1ccc(-c2ccccc2N(c2ccccc2)c2cccc3oc4cc5c(cc4c23)-c2ccccc2C52c3ccccc3Oc3ccccc32)cc1.c1ccc(N(c2ccccc2)c2cccc3oc4cc5c(cc4c23)-c2ccccc2C52c3ccccc3Oc3ccccc32)cc1. The number of benzene rings is 23. The van der Waals surface area contributed by atoms with Crippen LogP contribution in [0.4, 0.5) is 51.2 Å². The fourth-order valence-electron chi connectivity index (χ4n) is 25.6. The minimum atomic E-state index is -0.557.